The van der Waals surface area contributed by atoms with Gasteiger partial charge in [0, 0.05) is 0 Å². The maximum atomic E-state index is 6.49. The summed E-state index contributed by atoms with van der Waals surface area (Å²) in [5.74, 6) is 0. The van der Waals surface area contributed by atoms with Gasteiger partial charge in [-0.3, -0.25) is 0 Å². The first-order valence-electron chi connectivity index (χ1n) is 5.82. The van der Waals surface area contributed by atoms with Gasteiger partial charge in [0.1, 0.15) is 0 Å². The van der Waals surface area contributed by atoms with Crippen LogP contribution in [0.2, 0.25) is 0 Å². The summed E-state index contributed by atoms with van der Waals surface area (Å²) in [4.78, 5) is 0. The van der Waals surface area contributed by atoms with Crippen molar-refractivity contribution in [1.29, 1.82) is 0 Å². The van der Waals surface area contributed by atoms with Gasteiger partial charge in [-0.1, -0.05) is 79.2 Å². The summed E-state index contributed by atoms with van der Waals surface area (Å²) in [7, 11) is 0. The first-order chi connectivity index (χ1) is 8.33. The lowest BCUT2D eigenvalue weighted by atomic mass is 10.0. The Bertz CT molecular complexity index is 498. The fraction of sp³-hybridized carbons (Fsp3) is 0.125. The zero-order valence-corrected chi connectivity index (χ0v) is 10.6. The summed E-state index contributed by atoms with van der Waals surface area (Å²) in [6, 6.07) is 20.4. The van der Waals surface area contributed by atoms with Crippen LogP contribution in [0, 0.1) is 0 Å². The van der Waals surface area contributed by atoms with E-state index in [0.717, 1.165) is 17.0 Å². The molecule has 0 spiro atoms. The quantitative estimate of drug-likeness (QED) is 0.649. The molecule has 2 aromatic rings. The predicted octanol–water partition coefficient (Wildman–Crippen LogP) is 5.20. The van der Waals surface area contributed by atoms with Crippen molar-refractivity contribution in [3.63, 3.8) is 0 Å². The highest BCUT2D eigenvalue weighted by Crippen LogP contribution is 2.31. The molecular formula is C16H15Cl. The van der Waals surface area contributed by atoms with Gasteiger partial charge in [0.2, 0.25) is 0 Å². The van der Waals surface area contributed by atoms with E-state index in [2.05, 4.69) is 19.1 Å². The minimum atomic E-state index is 0.847. The van der Waals surface area contributed by atoms with Crippen molar-refractivity contribution in [1.82, 2.24) is 0 Å². The Hall–Kier alpha value is -1.53. The van der Waals surface area contributed by atoms with Gasteiger partial charge in [0.25, 0.3) is 0 Å². The zero-order chi connectivity index (χ0) is 12.1. The zero-order valence-electron chi connectivity index (χ0n) is 9.86. The lowest BCUT2D eigenvalue weighted by Gasteiger charge is -2.09. The number of hydrogen-bond acceptors (Lipinski definition) is 0. The number of allylic oxidation sites excluding steroid dienone is 1. The van der Waals surface area contributed by atoms with Crippen molar-refractivity contribution >= 4 is 22.2 Å². The van der Waals surface area contributed by atoms with Gasteiger partial charge in [0.15, 0.2) is 0 Å². The highest BCUT2D eigenvalue weighted by atomic mass is 35.5. The van der Waals surface area contributed by atoms with E-state index < -0.39 is 0 Å². The first-order valence-corrected chi connectivity index (χ1v) is 6.20. The van der Waals surface area contributed by atoms with Gasteiger partial charge in [-0.15, -0.1) is 0 Å². The Morgan fingerprint density at radius 2 is 1.29 bits per heavy atom. The van der Waals surface area contributed by atoms with E-state index in [1.165, 1.54) is 11.1 Å². The van der Waals surface area contributed by atoms with E-state index in [1.54, 1.807) is 0 Å². The molecule has 2 aromatic carbocycles. The predicted molar refractivity (Wildman–Crippen MR) is 75.8 cm³/mol. The van der Waals surface area contributed by atoms with Crippen LogP contribution in [0.3, 0.4) is 0 Å². The second kappa shape index (κ2) is 5.70. The second-order valence-electron chi connectivity index (χ2n) is 3.88. The molecule has 86 valence electrons. The van der Waals surface area contributed by atoms with E-state index in [1.807, 2.05) is 48.5 Å². The van der Waals surface area contributed by atoms with E-state index >= 15 is 0 Å². The molecule has 0 atom stereocenters. The molecule has 0 N–H and O–H groups in total. The number of benzene rings is 2. The van der Waals surface area contributed by atoms with Crippen molar-refractivity contribution in [3.05, 3.63) is 71.8 Å². The van der Waals surface area contributed by atoms with Crippen LogP contribution < -0.4 is 0 Å². The lowest BCUT2D eigenvalue weighted by molar-refractivity contribution is 1.24. The van der Waals surface area contributed by atoms with Crippen LogP contribution in [-0.4, -0.2) is 0 Å². The molecule has 1 heteroatoms. The number of rotatable bonds is 3. The lowest BCUT2D eigenvalue weighted by Crippen LogP contribution is -1.86. The van der Waals surface area contributed by atoms with Gasteiger partial charge >= 0.3 is 0 Å². The van der Waals surface area contributed by atoms with Crippen LogP contribution in [0.4, 0.5) is 0 Å². The molecule has 0 bridgehead atoms. The molecule has 0 aliphatic carbocycles. The van der Waals surface area contributed by atoms with E-state index in [0.29, 0.717) is 0 Å². The van der Waals surface area contributed by atoms with Crippen LogP contribution >= 0.6 is 11.6 Å². The third-order valence-electron chi connectivity index (χ3n) is 2.77. The Morgan fingerprint density at radius 3 is 1.76 bits per heavy atom. The molecule has 0 saturated carbocycles. The van der Waals surface area contributed by atoms with Crippen LogP contribution in [-0.2, 0) is 0 Å². The monoisotopic (exact) mass is 242 g/mol. The van der Waals surface area contributed by atoms with Gasteiger partial charge < -0.3 is 0 Å². The second-order valence-corrected chi connectivity index (χ2v) is 4.26. The third kappa shape index (κ3) is 2.78. The Morgan fingerprint density at radius 1 is 0.824 bits per heavy atom. The summed E-state index contributed by atoms with van der Waals surface area (Å²) >= 11 is 6.49. The smallest absolute Gasteiger partial charge is 0.0516 e. The topological polar surface area (TPSA) is 0 Å². The molecule has 0 radical (unpaired) electrons. The summed E-state index contributed by atoms with van der Waals surface area (Å²) in [6.45, 7) is 2.13. The molecule has 0 nitrogen and oxygen atoms in total. The minimum absolute atomic E-state index is 0.847. The molecule has 0 aliphatic heterocycles. The Balaban J connectivity index is 2.48. The van der Waals surface area contributed by atoms with Crippen LogP contribution in [0.1, 0.15) is 24.5 Å². The molecule has 0 unspecified atom stereocenters. The number of halogens is 1. The first kappa shape index (κ1) is 11.9. The molecule has 0 heterocycles. The molecule has 0 aromatic heterocycles. The minimum Gasteiger partial charge on any atom is -0.0834 e. The fourth-order valence-electron chi connectivity index (χ4n) is 1.88. The SMILES string of the molecule is CCC(=C(Cl)c1ccccc1)c1ccccc1. The summed E-state index contributed by atoms with van der Waals surface area (Å²) < 4.78 is 0. The van der Waals surface area contributed by atoms with Crippen molar-refractivity contribution in [2.24, 2.45) is 0 Å². The van der Waals surface area contributed by atoms with Crippen molar-refractivity contribution in [3.8, 4) is 0 Å². The van der Waals surface area contributed by atoms with Gasteiger partial charge in [0.05, 0.1) is 5.03 Å². The molecule has 0 aliphatic rings. The van der Waals surface area contributed by atoms with Crippen molar-refractivity contribution in [2.45, 2.75) is 13.3 Å². The van der Waals surface area contributed by atoms with Gasteiger partial charge in [-0.25, -0.2) is 0 Å². The molecule has 0 fully saturated rings. The normalized spacial score (nSPS) is 12.1. The average molecular weight is 243 g/mol. The third-order valence-corrected chi connectivity index (χ3v) is 3.21. The summed E-state index contributed by atoms with van der Waals surface area (Å²) in [5.41, 5.74) is 3.47. The van der Waals surface area contributed by atoms with Crippen molar-refractivity contribution in [2.75, 3.05) is 0 Å². The molecular weight excluding hydrogens is 228 g/mol. The highest BCUT2D eigenvalue weighted by molar-refractivity contribution is 6.52. The average Bonchev–Trinajstić information content (AvgIpc) is 2.42. The Labute approximate surface area is 108 Å². The summed E-state index contributed by atoms with van der Waals surface area (Å²) in [6.07, 6.45) is 0.928. The van der Waals surface area contributed by atoms with E-state index in [9.17, 15) is 0 Å². The van der Waals surface area contributed by atoms with Gasteiger partial charge in [-0.05, 0) is 23.1 Å². The molecule has 17 heavy (non-hydrogen) atoms. The molecule has 0 amide bonds. The molecule has 2 rings (SSSR count). The van der Waals surface area contributed by atoms with Crippen LogP contribution in [0.25, 0.3) is 10.6 Å². The fourth-order valence-corrected chi connectivity index (χ4v) is 2.25. The standard InChI is InChI=1S/C16H15Cl/c1-2-15(13-9-5-3-6-10-13)16(17)14-11-7-4-8-12-14/h3-12H,2H2,1H3. The van der Waals surface area contributed by atoms with Crippen LogP contribution in [0.5, 0.6) is 0 Å². The van der Waals surface area contributed by atoms with E-state index in [4.69, 9.17) is 11.6 Å². The van der Waals surface area contributed by atoms with Crippen LogP contribution in [0.15, 0.2) is 60.7 Å². The number of hydrogen-bond donors (Lipinski definition) is 0. The van der Waals surface area contributed by atoms with Gasteiger partial charge in [-0.2, -0.15) is 0 Å². The van der Waals surface area contributed by atoms with Crippen molar-refractivity contribution < 1.29 is 0 Å². The van der Waals surface area contributed by atoms with E-state index in [-0.39, 0.29) is 0 Å². The largest absolute Gasteiger partial charge is 0.0834 e. The maximum Gasteiger partial charge on any atom is 0.0516 e. The maximum absolute atomic E-state index is 6.49. The highest BCUT2D eigenvalue weighted by Gasteiger charge is 2.06. The molecule has 0 saturated heterocycles. The summed E-state index contributed by atoms with van der Waals surface area (Å²) in [5, 5.41) is 0.847. The Kier molecular flexibility index (Phi) is 4.00.